The van der Waals surface area contributed by atoms with Crippen LogP contribution >= 0.6 is 24.4 Å². The Morgan fingerprint density at radius 1 is 1.29 bits per heavy atom. The molecule has 1 aliphatic heterocycles. The average molecular weight is 224 g/mol. The van der Waals surface area contributed by atoms with Gasteiger partial charge in [-0.2, -0.15) is 0 Å². The van der Waals surface area contributed by atoms with Gasteiger partial charge in [-0.15, -0.1) is 0 Å². The number of hydrogen-bond donors (Lipinski definition) is 1. The predicted octanol–water partition coefficient (Wildman–Crippen LogP) is 2.55. The SMILES string of the molecule is Oc1ccccc1C1CC(=S)OC1=S. The highest BCUT2D eigenvalue weighted by atomic mass is 32.1. The van der Waals surface area contributed by atoms with Crippen molar-refractivity contribution in [3.05, 3.63) is 29.8 Å². The molecular weight excluding hydrogens is 216 g/mol. The number of ether oxygens (including phenoxy) is 1. The maximum atomic E-state index is 9.62. The maximum Gasteiger partial charge on any atom is 0.176 e. The van der Waals surface area contributed by atoms with Crippen molar-refractivity contribution in [2.75, 3.05) is 0 Å². The van der Waals surface area contributed by atoms with E-state index in [4.69, 9.17) is 29.2 Å². The molecule has 1 saturated heterocycles. The van der Waals surface area contributed by atoms with E-state index in [-0.39, 0.29) is 11.7 Å². The van der Waals surface area contributed by atoms with Crippen molar-refractivity contribution in [2.45, 2.75) is 12.3 Å². The average Bonchev–Trinajstić information content (AvgIpc) is 2.46. The number of phenolic OH excluding ortho intramolecular Hbond substituents is 1. The van der Waals surface area contributed by atoms with Crippen molar-refractivity contribution in [1.29, 1.82) is 0 Å². The van der Waals surface area contributed by atoms with Crippen LogP contribution in [-0.4, -0.2) is 15.2 Å². The largest absolute Gasteiger partial charge is 0.508 e. The fraction of sp³-hybridized carbons (Fsp3) is 0.200. The number of aromatic hydroxyl groups is 1. The Hall–Kier alpha value is -1.00. The molecule has 2 nitrogen and oxygen atoms in total. The van der Waals surface area contributed by atoms with Gasteiger partial charge in [-0.3, -0.25) is 0 Å². The van der Waals surface area contributed by atoms with E-state index in [0.29, 0.717) is 16.5 Å². The molecule has 4 heteroatoms. The van der Waals surface area contributed by atoms with E-state index < -0.39 is 0 Å². The summed E-state index contributed by atoms with van der Waals surface area (Å²) < 4.78 is 5.14. The van der Waals surface area contributed by atoms with Crippen LogP contribution in [-0.2, 0) is 4.74 Å². The number of thiocarbonyl (C=S) groups is 2. The van der Waals surface area contributed by atoms with E-state index in [9.17, 15) is 5.11 Å². The fourth-order valence-electron chi connectivity index (χ4n) is 1.49. The Balaban J connectivity index is 2.36. The van der Waals surface area contributed by atoms with E-state index in [2.05, 4.69) is 0 Å². The molecule has 2 rings (SSSR count). The summed E-state index contributed by atoms with van der Waals surface area (Å²) in [6, 6.07) is 7.11. The summed E-state index contributed by atoms with van der Waals surface area (Å²) in [6.07, 6.45) is 0.589. The van der Waals surface area contributed by atoms with Crippen LogP contribution in [0.1, 0.15) is 17.9 Å². The first-order chi connectivity index (χ1) is 6.68. The molecule has 0 bridgehead atoms. The van der Waals surface area contributed by atoms with E-state index in [1.165, 1.54) is 0 Å². The first-order valence-electron chi connectivity index (χ1n) is 4.21. The number of hydrogen-bond acceptors (Lipinski definition) is 4. The molecule has 1 N–H and O–H groups in total. The Morgan fingerprint density at radius 3 is 2.57 bits per heavy atom. The first kappa shape index (κ1) is 9.55. The minimum Gasteiger partial charge on any atom is -0.508 e. The van der Waals surface area contributed by atoms with Gasteiger partial charge in [0.05, 0.1) is 5.92 Å². The molecule has 0 saturated carbocycles. The van der Waals surface area contributed by atoms with Gasteiger partial charge >= 0.3 is 0 Å². The van der Waals surface area contributed by atoms with Crippen molar-refractivity contribution in [3.63, 3.8) is 0 Å². The van der Waals surface area contributed by atoms with Gasteiger partial charge in [-0.05, 0) is 30.5 Å². The lowest BCUT2D eigenvalue weighted by Gasteiger charge is -2.08. The summed E-state index contributed by atoms with van der Waals surface area (Å²) in [4.78, 5) is 0. The molecule has 1 heterocycles. The third-order valence-electron chi connectivity index (χ3n) is 2.18. The maximum absolute atomic E-state index is 9.62. The highest BCUT2D eigenvalue weighted by Crippen LogP contribution is 2.34. The number of benzene rings is 1. The molecule has 0 aliphatic carbocycles. The molecule has 0 aromatic heterocycles. The van der Waals surface area contributed by atoms with Crippen LogP contribution in [0, 0.1) is 0 Å². The van der Waals surface area contributed by atoms with Gasteiger partial charge in [0.1, 0.15) is 5.75 Å². The van der Waals surface area contributed by atoms with Crippen LogP contribution in [0.25, 0.3) is 0 Å². The van der Waals surface area contributed by atoms with Crippen molar-refractivity contribution in [3.8, 4) is 5.75 Å². The van der Waals surface area contributed by atoms with E-state index >= 15 is 0 Å². The Morgan fingerprint density at radius 2 is 2.00 bits per heavy atom. The molecule has 1 aromatic carbocycles. The number of para-hydroxylation sites is 1. The third kappa shape index (κ3) is 1.63. The summed E-state index contributed by atoms with van der Waals surface area (Å²) in [5, 5.41) is 10.6. The van der Waals surface area contributed by atoms with Crippen molar-refractivity contribution in [2.24, 2.45) is 0 Å². The normalized spacial score (nSPS) is 21.0. The van der Waals surface area contributed by atoms with E-state index in [1.807, 2.05) is 12.1 Å². The topological polar surface area (TPSA) is 29.5 Å². The molecule has 1 atom stereocenters. The second-order valence-corrected chi connectivity index (χ2v) is 3.97. The third-order valence-corrected chi connectivity index (χ3v) is 2.80. The van der Waals surface area contributed by atoms with Gasteiger partial charge in [-0.1, -0.05) is 18.2 Å². The number of rotatable bonds is 1. The first-order valence-corrected chi connectivity index (χ1v) is 5.02. The fourth-order valence-corrected chi connectivity index (χ4v) is 2.11. The minimum atomic E-state index is -0.0706. The van der Waals surface area contributed by atoms with Crippen molar-refractivity contribution in [1.82, 2.24) is 0 Å². The number of phenols is 1. The molecule has 0 spiro atoms. The van der Waals surface area contributed by atoms with Crippen molar-refractivity contribution < 1.29 is 9.84 Å². The lowest BCUT2D eigenvalue weighted by molar-refractivity contribution is 0.466. The van der Waals surface area contributed by atoms with Crippen molar-refractivity contribution >= 4 is 34.5 Å². The molecule has 0 radical (unpaired) electrons. The van der Waals surface area contributed by atoms with Gasteiger partial charge in [0.2, 0.25) is 0 Å². The molecule has 1 aromatic rings. The Bertz CT molecular complexity index is 401. The van der Waals surface area contributed by atoms with E-state index in [0.717, 1.165) is 5.56 Å². The minimum absolute atomic E-state index is 0.0706. The summed E-state index contributed by atoms with van der Waals surface area (Å²) in [7, 11) is 0. The van der Waals surface area contributed by atoms with Crippen LogP contribution in [0.2, 0.25) is 0 Å². The standard InChI is InChI=1S/C10H8O2S2/c11-8-4-2-1-3-6(8)7-5-9(13)12-10(7)14/h1-4,7,11H,5H2. The molecule has 0 amide bonds. The lowest BCUT2D eigenvalue weighted by Crippen LogP contribution is -2.03. The quantitative estimate of drug-likeness (QED) is 0.742. The summed E-state index contributed by atoms with van der Waals surface area (Å²) >= 11 is 9.96. The summed E-state index contributed by atoms with van der Waals surface area (Å²) in [5.41, 5.74) is 0.789. The molecule has 14 heavy (non-hydrogen) atoms. The van der Waals surface area contributed by atoms with E-state index in [1.54, 1.807) is 12.1 Å². The monoisotopic (exact) mass is 224 g/mol. The second kappa shape index (κ2) is 3.63. The predicted molar refractivity (Wildman–Crippen MR) is 61.7 cm³/mol. The molecule has 1 aliphatic rings. The molecule has 1 fully saturated rings. The Labute approximate surface area is 92.5 Å². The van der Waals surface area contributed by atoms with Gasteiger partial charge in [-0.25, -0.2) is 0 Å². The highest BCUT2D eigenvalue weighted by Gasteiger charge is 2.30. The van der Waals surface area contributed by atoms with Crippen LogP contribution in [0.3, 0.4) is 0 Å². The van der Waals surface area contributed by atoms with Gasteiger partial charge in [0, 0.05) is 12.0 Å². The Kier molecular flexibility index (Phi) is 2.48. The van der Waals surface area contributed by atoms with Gasteiger partial charge < -0.3 is 9.84 Å². The molecule has 72 valence electrons. The van der Waals surface area contributed by atoms with Crippen LogP contribution in [0.4, 0.5) is 0 Å². The second-order valence-electron chi connectivity index (χ2n) is 3.11. The van der Waals surface area contributed by atoms with Crippen LogP contribution in [0.15, 0.2) is 24.3 Å². The zero-order chi connectivity index (χ0) is 10.1. The summed E-state index contributed by atoms with van der Waals surface area (Å²) in [5.74, 6) is 0.173. The molecular formula is C10H8O2S2. The zero-order valence-corrected chi connectivity index (χ0v) is 8.90. The summed E-state index contributed by atoms with van der Waals surface area (Å²) in [6.45, 7) is 0. The smallest absolute Gasteiger partial charge is 0.176 e. The molecule has 1 unspecified atom stereocenters. The zero-order valence-electron chi connectivity index (χ0n) is 7.27. The van der Waals surface area contributed by atoms with Gasteiger partial charge in [0.15, 0.2) is 10.1 Å². The van der Waals surface area contributed by atoms with Gasteiger partial charge in [0.25, 0.3) is 0 Å². The highest BCUT2D eigenvalue weighted by molar-refractivity contribution is 7.81. The van der Waals surface area contributed by atoms with Crippen LogP contribution in [0.5, 0.6) is 5.75 Å². The van der Waals surface area contributed by atoms with Crippen LogP contribution < -0.4 is 0 Å². The lowest BCUT2D eigenvalue weighted by atomic mass is 9.97.